The summed E-state index contributed by atoms with van der Waals surface area (Å²) >= 11 is 0. The zero-order valence-corrected chi connectivity index (χ0v) is 11.6. The molecule has 0 amide bonds. The number of benzene rings is 1. The molecule has 2 heteroatoms. The SMILES string of the molecule is Cc1cc(C)c(C(=O)C2CCCC2CN)cc1C. The van der Waals surface area contributed by atoms with Gasteiger partial charge in [-0.1, -0.05) is 12.5 Å². The van der Waals surface area contributed by atoms with Crippen LogP contribution in [-0.4, -0.2) is 12.3 Å². The smallest absolute Gasteiger partial charge is 0.166 e. The lowest BCUT2D eigenvalue weighted by Crippen LogP contribution is -2.25. The zero-order valence-electron chi connectivity index (χ0n) is 11.6. The molecule has 0 saturated heterocycles. The van der Waals surface area contributed by atoms with Crippen molar-refractivity contribution < 1.29 is 4.79 Å². The van der Waals surface area contributed by atoms with Crippen molar-refractivity contribution in [3.8, 4) is 0 Å². The molecule has 2 rings (SSSR count). The third kappa shape index (κ3) is 2.35. The van der Waals surface area contributed by atoms with E-state index in [0.717, 1.165) is 30.4 Å². The second-order valence-electron chi connectivity index (χ2n) is 5.65. The monoisotopic (exact) mass is 245 g/mol. The quantitative estimate of drug-likeness (QED) is 0.831. The van der Waals surface area contributed by atoms with Crippen LogP contribution < -0.4 is 5.73 Å². The first-order chi connectivity index (χ1) is 8.54. The number of Topliss-reactive ketones (excluding diaryl/α,β-unsaturated/α-hetero) is 1. The van der Waals surface area contributed by atoms with Gasteiger partial charge in [0.25, 0.3) is 0 Å². The number of rotatable bonds is 3. The third-order valence-electron chi connectivity index (χ3n) is 4.40. The predicted octanol–water partition coefficient (Wildman–Crippen LogP) is 3.17. The average Bonchev–Trinajstić information content (AvgIpc) is 2.81. The number of hydrogen-bond donors (Lipinski definition) is 1. The standard InChI is InChI=1S/C16H23NO/c1-10-7-12(3)15(8-11(10)2)16(18)14-6-4-5-13(14)9-17/h7-8,13-14H,4-6,9,17H2,1-3H3. The van der Waals surface area contributed by atoms with Gasteiger partial charge in [0.1, 0.15) is 0 Å². The van der Waals surface area contributed by atoms with Crippen LogP contribution in [0.5, 0.6) is 0 Å². The molecule has 1 aliphatic carbocycles. The van der Waals surface area contributed by atoms with Crippen molar-refractivity contribution in [3.63, 3.8) is 0 Å². The van der Waals surface area contributed by atoms with Crippen LogP contribution in [0.1, 0.15) is 46.3 Å². The minimum Gasteiger partial charge on any atom is -0.330 e. The number of aryl methyl sites for hydroxylation is 3. The number of nitrogens with two attached hydrogens (primary N) is 1. The molecule has 0 aromatic heterocycles. The van der Waals surface area contributed by atoms with Gasteiger partial charge in [0.05, 0.1) is 0 Å². The summed E-state index contributed by atoms with van der Waals surface area (Å²) in [5, 5.41) is 0. The van der Waals surface area contributed by atoms with Crippen molar-refractivity contribution in [1.29, 1.82) is 0 Å². The normalized spacial score (nSPS) is 23.3. The van der Waals surface area contributed by atoms with Crippen molar-refractivity contribution in [1.82, 2.24) is 0 Å². The Balaban J connectivity index is 2.31. The zero-order chi connectivity index (χ0) is 13.3. The largest absolute Gasteiger partial charge is 0.330 e. The fourth-order valence-corrected chi connectivity index (χ4v) is 3.09. The lowest BCUT2D eigenvalue weighted by molar-refractivity contribution is 0.0892. The van der Waals surface area contributed by atoms with Gasteiger partial charge in [0, 0.05) is 11.5 Å². The Morgan fingerprint density at radius 3 is 2.50 bits per heavy atom. The highest BCUT2D eigenvalue weighted by molar-refractivity contribution is 5.99. The summed E-state index contributed by atoms with van der Waals surface area (Å²) in [5.41, 5.74) is 10.2. The fourth-order valence-electron chi connectivity index (χ4n) is 3.09. The van der Waals surface area contributed by atoms with Gasteiger partial charge in [-0.25, -0.2) is 0 Å². The van der Waals surface area contributed by atoms with E-state index in [0.29, 0.717) is 18.2 Å². The number of hydrogen-bond acceptors (Lipinski definition) is 2. The maximum absolute atomic E-state index is 12.6. The minimum atomic E-state index is 0.149. The Morgan fingerprint density at radius 1 is 1.17 bits per heavy atom. The van der Waals surface area contributed by atoms with Gasteiger partial charge in [-0.05, 0) is 68.8 Å². The lowest BCUT2D eigenvalue weighted by atomic mass is 9.86. The van der Waals surface area contributed by atoms with Crippen LogP contribution in [0.15, 0.2) is 12.1 Å². The maximum atomic E-state index is 12.6. The topological polar surface area (TPSA) is 43.1 Å². The van der Waals surface area contributed by atoms with E-state index in [1.54, 1.807) is 0 Å². The average molecular weight is 245 g/mol. The van der Waals surface area contributed by atoms with Crippen LogP contribution in [0.2, 0.25) is 0 Å². The second kappa shape index (κ2) is 5.23. The van der Waals surface area contributed by atoms with E-state index in [1.165, 1.54) is 11.1 Å². The Bertz CT molecular complexity index is 464. The molecular weight excluding hydrogens is 222 g/mol. The first-order valence-corrected chi connectivity index (χ1v) is 6.86. The van der Waals surface area contributed by atoms with Gasteiger partial charge in [-0.3, -0.25) is 4.79 Å². The van der Waals surface area contributed by atoms with Gasteiger partial charge in [0.15, 0.2) is 5.78 Å². The molecule has 2 atom stereocenters. The Morgan fingerprint density at radius 2 is 1.83 bits per heavy atom. The summed E-state index contributed by atoms with van der Waals surface area (Å²) in [5.74, 6) is 0.845. The van der Waals surface area contributed by atoms with Gasteiger partial charge in [0.2, 0.25) is 0 Å². The first-order valence-electron chi connectivity index (χ1n) is 6.86. The second-order valence-corrected chi connectivity index (χ2v) is 5.65. The van der Waals surface area contributed by atoms with Crippen LogP contribution in [0.3, 0.4) is 0 Å². The molecule has 0 heterocycles. The van der Waals surface area contributed by atoms with E-state index in [1.807, 2.05) is 6.92 Å². The van der Waals surface area contributed by atoms with Crippen LogP contribution in [0, 0.1) is 32.6 Å². The Hall–Kier alpha value is -1.15. The molecule has 1 aromatic carbocycles. The van der Waals surface area contributed by atoms with Gasteiger partial charge in [-0.15, -0.1) is 0 Å². The van der Waals surface area contributed by atoms with Crippen molar-refractivity contribution >= 4 is 5.78 Å². The van der Waals surface area contributed by atoms with Crippen LogP contribution in [-0.2, 0) is 0 Å². The fraction of sp³-hybridized carbons (Fsp3) is 0.562. The number of carbonyl (C=O) groups is 1. The highest BCUT2D eigenvalue weighted by Crippen LogP contribution is 2.34. The minimum absolute atomic E-state index is 0.149. The molecule has 0 spiro atoms. The molecule has 1 fully saturated rings. The molecule has 2 unspecified atom stereocenters. The molecule has 2 N–H and O–H groups in total. The van der Waals surface area contributed by atoms with Crippen molar-refractivity contribution in [2.24, 2.45) is 17.6 Å². The summed E-state index contributed by atoms with van der Waals surface area (Å²) < 4.78 is 0. The molecule has 0 aliphatic heterocycles. The first kappa shape index (κ1) is 13.3. The molecule has 0 radical (unpaired) electrons. The molecular formula is C16H23NO. The van der Waals surface area contributed by atoms with E-state index in [-0.39, 0.29) is 5.92 Å². The van der Waals surface area contributed by atoms with Gasteiger partial charge >= 0.3 is 0 Å². The van der Waals surface area contributed by atoms with Crippen LogP contribution in [0.25, 0.3) is 0 Å². The van der Waals surface area contributed by atoms with Crippen molar-refractivity contribution in [2.75, 3.05) is 6.54 Å². The van der Waals surface area contributed by atoms with E-state index in [2.05, 4.69) is 26.0 Å². The van der Waals surface area contributed by atoms with Gasteiger partial charge in [-0.2, -0.15) is 0 Å². The van der Waals surface area contributed by atoms with Crippen LogP contribution >= 0.6 is 0 Å². The van der Waals surface area contributed by atoms with E-state index < -0.39 is 0 Å². The molecule has 1 aliphatic rings. The molecule has 98 valence electrons. The molecule has 18 heavy (non-hydrogen) atoms. The van der Waals surface area contributed by atoms with Crippen molar-refractivity contribution in [2.45, 2.75) is 40.0 Å². The molecule has 1 saturated carbocycles. The van der Waals surface area contributed by atoms with E-state index >= 15 is 0 Å². The Kier molecular flexibility index (Phi) is 3.86. The maximum Gasteiger partial charge on any atom is 0.166 e. The van der Waals surface area contributed by atoms with E-state index in [9.17, 15) is 4.79 Å². The summed E-state index contributed by atoms with van der Waals surface area (Å²) in [6, 6.07) is 4.17. The highest BCUT2D eigenvalue weighted by atomic mass is 16.1. The summed E-state index contributed by atoms with van der Waals surface area (Å²) in [7, 11) is 0. The van der Waals surface area contributed by atoms with Crippen LogP contribution in [0.4, 0.5) is 0 Å². The van der Waals surface area contributed by atoms with E-state index in [4.69, 9.17) is 5.73 Å². The summed E-state index contributed by atoms with van der Waals surface area (Å²) in [4.78, 5) is 12.6. The van der Waals surface area contributed by atoms with Crippen molar-refractivity contribution in [3.05, 3.63) is 34.4 Å². The summed E-state index contributed by atoms with van der Waals surface area (Å²) in [6.07, 6.45) is 3.26. The third-order valence-corrected chi connectivity index (χ3v) is 4.40. The Labute approximate surface area is 110 Å². The molecule has 2 nitrogen and oxygen atoms in total. The molecule has 0 bridgehead atoms. The number of carbonyl (C=O) groups excluding carboxylic acids is 1. The van der Waals surface area contributed by atoms with Gasteiger partial charge < -0.3 is 5.73 Å². The number of ketones is 1. The molecule has 1 aromatic rings. The highest BCUT2D eigenvalue weighted by Gasteiger charge is 2.33. The summed E-state index contributed by atoms with van der Waals surface area (Å²) in [6.45, 7) is 6.84. The predicted molar refractivity (Wildman–Crippen MR) is 74.9 cm³/mol. The lowest BCUT2D eigenvalue weighted by Gasteiger charge is -2.18.